The Balaban J connectivity index is 1.86. The summed E-state index contributed by atoms with van der Waals surface area (Å²) in [6, 6.07) is 5.58. The number of nitrogens with zero attached hydrogens (tertiary/aromatic N) is 1. The van der Waals surface area contributed by atoms with Gasteiger partial charge in [0, 0.05) is 23.8 Å². The molecule has 144 valence electrons. The molecule has 1 aromatic rings. The predicted molar refractivity (Wildman–Crippen MR) is 102 cm³/mol. The van der Waals surface area contributed by atoms with Gasteiger partial charge in [-0.3, -0.25) is 24.6 Å². The number of hydrogen-bond donors (Lipinski definition) is 2. The standard InChI is InChI=1S/C21H27N3O3/c1-5-6-9-24-18(25)15-16(19(24)26)21(23-17(15)11(2)3)13-10-12(4)7-8-14(13)22-20(21)27/h7-8,10-11,15-17,23H,5-6,9H2,1-4H3,(H,22,27)/t15-,16-,17+,21+/m0/s1. The summed E-state index contributed by atoms with van der Waals surface area (Å²) in [6.45, 7) is 8.51. The highest BCUT2D eigenvalue weighted by atomic mass is 16.2. The SMILES string of the molecule is CCCCN1C(=O)[C@@H]2[C@@H](C(C)C)N[C@@]3(C(=O)Nc4ccc(C)cc43)[C@@H]2C1=O. The maximum Gasteiger partial charge on any atom is 0.250 e. The second kappa shape index (κ2) is 6.16. The van der Waals surface area contributed by atoms with E-state index in [2.05, 4.69) is 10.6 Å². The summed E-state index contributed by atoms with van der Waals surface area (Å²) >= 11 is 0. The average Bonchev–Trinajstić information content (AvgIpc) is 3.20. The van der Waals surface area contributed by atoms with Gasteiger partial charge in [-0.1, -0.05) is 44.9 Å². The lowest BCUT2D eigenvalue weighted by Crippen LogP contribution is -2.54. The first-order valence-electron chi connectivity index (χ1n) is 9.88. The molecular weight excluding hydrogens is 342 g/mol. The molecule has 2 fully saturated rings. The number of fused-ring (bicyclic) bond motifs is 4. The Morgan fingerprint density at radius 1 is 1.19 bits per heavy atom. The third-order valence-electron chi connectivity index (χ3n) is 6.35. The van der Waals surface area contributed by atoms with Gasteiger partial charge in [0.05, 0.1) is 11.8 Å². The molecule has 27 heavy (non-hydrogen) atoms. The third-order valence-corrected chi connectivity index (χ3v) is 6.35. The zero-order valence-electron chi connectivity index (χ0n) is 16.3. The van der Waals surface area contributed by atoms with Crippen LogP contribution in [0.15, 0.2) is 18.2 Å². The number of hydrogen-bond acceptors (Lipinski definition) is 4. The molecule has 0 aromatic heterocycles. The van der Waals surface area contributed by atoms with Crippen LogP contribution in [0.4, 0.5) is 5.69 Å². The molecule has 6 nitrogen and oxygen atoms in total. The highest BCUT2D eigenvalue weighted by Crippen LogP contribution is 2.54. The first kappa shape index (κ1) is 18.2. The van der Waals surface area contributed by atoms with E-state index in [0.717, 1.165) is 29.7 Å². The van der Waals surface area contributed by atoms with Gasteiger partial charge >= 0.3 is 0 Å². The fourth-order valence-electron chi connectivity index (χ4n) is 5.02. The van der Waals surface area contributed by atoms with Crippen LogP contribution in [0.5, 0.6) is 0 Å². The molecule has 1 spiro atoms. The van der Waals surface area contributed by atoms with Crippen molar-refractivity contribution in [3.05, 3.63) is 29.3 Å². The fourth-order valence-corrected chi connectivity index (χ4v) is 5.02. The second-order valence-electron chi connectivity index (χ2n) is 8.41. The van der Waals surface area contributed by atoms with E-state index >= 15 is 0 Å². The Morgan fingerprint density at radius 3 is 2.59 bits per heavy atom. The van der Waals surface area contributed by atoms with Crippen LogP contribution < -0.4 is 10.6 Å². The molecule has 0 radical (unpaired) electrons. The van der Waals surface area contributed by atoms with Crippen molar-refractivity contribution >= 4 is 23.4 Å². The van der Waals surface area contributed by atoms with Crippen LogP contribution in [0.3, 0.4) is 0 Å². The van der Waals surface area contributed by atoms with E-state index in [1.54, 1.807) is 0 Å². The number of rotatable bonds is 4. The van der Waals surface area contributed by atoms with Crippen molar-refractivity contribution in [2.75, 3.05) is 11.9 Å². The van der Waals surface area contributed by atoms with Gasteiger partial charge < -0.3 is 5.32 Å². The lowest BCUT2D eigenvalue weighted by Gasteiger charge is -2.30. The molecule has 4 rings (SSSR count). The summed E-state index contributed by atoms with van der Waals surface area (Å²) < 4.78 is 0. The molecule has 0 bridgehead atoms. The van der Waals surface area contributed by atoms with Crippen LogP contribution in [-0.4, -0.2) is 35.2 Å². The number of benzene rings is 1. The lowest BCUT2D eigenvalue weighted by molar-refractivity contribution is -0.143. The fraction of sp³-hybridized carbons (Fsp3) is 0.571. The van der Waals surface area contributed by atoms with Crippen LogP contribution in [0.1, 0.15) is 44.7 Å². The number of likely N-dealkylation sites (tertiary alicyclic amines) is 1. The molecule has 2 N–H and O–H groups in total. The number of carbonyl (C=O) groups excluding carboxylic acids is 3. The second-order valence-corrected chi connectivity index (χ2v) is 8.41. The molecule has 3 aliphatic rings. The van der Waals surface area contributed by atoms with Crippen molar-refractivity contribution in [1.29, 1.82) is 0 Å². The molecule has 3 amide bonds. The van der Waals surface area contributed by atoms with E-state index in [4.69, 9.17) is 0 Å². The summed E-state index contributed by atoms with van der Waals surface area (Å²) in [5.74, 6) is -1.61. The van der Waals surface area contributed by atoms with Crippen LogP contribution in [-0.2, 0) is 19.9 Å². The molecule has 0 saturated carbocycles. The molecule has 1 aromatic carbocycles. The van der Waals surface area contributed by atoms with Gasteiger partial charge in [-0.25, -0.2) is 0 Å². The van der Waals surface area contributed by atoms with Crippen LogP contribution in [0.2, 0.25) is 0 Å². The molecule has 3 heterocycles. The monoisotopic (exact) mass is 369 g/mol. The Hall–Kier alpha value is -2.21. The van der Waals surface area contributed by atoms with E-state index < -0.39 is 17.4 Å². The zero-order chi connectivity index (χ0) is 19.5. The van der Waals surface area contributed by atoms with Crippen molar-refractivity contribution < 1.29 is 14.4 Å². The van der Waals surface area contributed by atoms with Gasteiger partial charge in [0.15, 0.2) is 0 Å². The van der Waals surface area contributed by atoms with Gasteiger partial charge in [0.1, 0.15) is 5.54 Å². The number of unbranched alkanes of at least 4 members (excludes halogenated alkanes) is 1. The van der Waals surface area contributed by atoms with E-state index in [1.165, 1.54) is 4.90 Å². The summed E-state index contributed by atoms with van der Waals surface area (Å²) in [6.07, 6.45) is 1.69. The smallest absolute Gasteiger partial charge is 0.250 e. The van der Waals surface area contributed by atoms with Crippen LogP contribution in [0.25, 0.3) is 0 Å². The molecule has 4 atom stereocenters. The third kappa shape index (κ3) is 2.32. The largest absolute Gasteiger partial charge is 0.324 e. The predicted octanol–water partition coefficient (Wildman–Crippen LogP) is 2.17. The highest BCUT2D eigenvalue weighted by molar-refractivity contribution is 6.15. The van der Waals surface area contributed by atoms with E-state index in [-0.39, 0.29) is 29.7 Å². The Kier molecular flexibility index (Phi) is 4.14. The average molecular weight is 369 g/mol. The number of imide groups is 1. The summed E-state index contributed by atoms with van der Waals surface area (Å²) in [4.78, 5) is 41.1. The summed E-state index contributed by atoms with van der Waals surface area (Å²) in [5.41, 5.74) is 1.39. The minimum absolute atomic E-state index is 0.126. The van der Waals surface area contributed by atoms with E-state index in [0.29, 0.717) is 6.54 Å². The van der Waals surface area contributed by atoms with E-state index in [1.807, 2.05) is 45.9 Å². The Labute approximate surface area is 159 Å². The van der Waals surface area contributed by atoms with Crippen LogP contribution in [0, 0.1) is 24.7 Å². The minimum atomic E-state index is -1.16. The van der Waals surface area contributed by atoms with Crippen molar-refractivity contribution in [3.8, 4) is 0 Å². The molecule has 2 saturated heterocycles. The minimum Gasteiger partial charge on any atom is -0.324 e. The number of aryl methyl sites for hydroxylation is 1. The Bertz CT molecular complexity index is 834. The molecular formula is C21H27N3O3. The topological polar surface area (TPSA) is 78.5 Å². The normalized spacial score (nSPS) is 31.8. The maximum atomic E-state index is 13.4. The molecule has 3 aliphatic heterocycles. The summed E-state index contributed by atoms with van der Waals surface area (Å²) in [5, 5.41) is 6.40. The number of anilines is 1. The van der Waals surface area contributed by atoms with Gasteiger partial charge in [-0.2, -0.15) is 0 Å². The van der Waals surface area contributed by atoms with Crippen molar-refractivity contribution in [2.45, 2.75) is 52.1 Å². The first-order valence-corrected chi connectivity index (χ1v) is 9.88. The van der Waals surface area contributed by atoms with Gasteiger partial charge in [0.25, 0.3) is 0 Å². The molecule has 0 aliphatic carbocycles. The van der Waals surface area contributed by atoms with Gasteiger partial charge in [-0.15, -0.1) is 0 Å². The van der Waals surface area contributed by atoms with E-state index in [9.17, 15) is 14.4 Å². The quantitative estimate of drug-likeness (QED) is 0.798. The van der Waals surface area contributed by atoms with Crippen molar-refractivity contribution in [3.63, 3.8) is 0 Å². The highest BCUT2D eigenvalue weighted by Gasteiger charge is 2.70. The molecule has 6 heteroatoms. The number of amides is 3. The van der Waals surface area contributed by atoms with Gasteiger partial charge in [-0.05, 0) is 25.3 Å². The van der Waals surface area contributed by atoms with Gasteiger partial charge in [0.2, 0.25) is 17.7 Å². The number of carbonyl (C=O) groups is 3. The first-order chi connectivity index (χ1) is 12.8. The maximum absolute atomic E-state index is 13.4. The zero-order valence-corrected chi connectivity index (χ0v) is 16.3. The Morgan fingerprint density at radius 2 is 1.93 bits per heavy atom. The van der Waals surface area contributed by atoms with Crippen molar-refractivity contribution in [1.82, 2.24) is 10.2 Å². The molecule has 0 unspecified atom stereocenters. The number of nitrogens with one attached hydrogen (secondary N) is 2. The lowest BCUT2D eigenvalue weighted by atomic mass is 9.75. The van der Waals surface area contributed by atoms with Crippen molar-refractivity contribution in [2.24, 2.45) is 17.8 Å². The van der Waals surface area contributed by atoms with Crippen LogP contribution >= 0.6 is 0 Å². The summed E-state index contributed by atoms with van der Waals surface area (Å²) in [7, 11) is 0.